The fourth-order valence-electron chi connectivity index (χ4n) is 1.39. The summed E-state index contributed by atoms with van der Waals surface area (Å²) in [5.74, 6) is 0.305. The summed E-state index contributed by atoms with van der Waals surface area (Å²) in [4.78, 5) is 12.4. The lowest BCUT2D eigenvalue weighted by Crippen LogP contribution is -2.07. The predicted molar refractivity (Wildman–Crippen MR) is 61.7 cm³/mol. The lowest BCUT2D eigenvalue weighted by Gasteiger charge is -2.04. The Hall–Kier alpha value is -1.60. The van der Waals surface area contributed by atoms with Gasteiger partial charge in [0.25, 0.3) is 10.1 Å². The molecule has 0 bridgehead atoms. The van der Waals surface area contributed by atoms with Crippen molar-refractivity contribution >= 4 is 21.2 Å². The van der Waals surface area contributed by atoms with Crippen molar-refractivity contribution in [2.45, 2.75) is 13.5 Å². The molecular weight excluding hydrogens is 242 g/mol. The van der Waals surface area contributed by atoms with Crippen LogP contribution in [0.2, 0.25) is 0 Å². The normalized spacial score (nSPS) is 11.9. The summed E-state index contributed by atoms with van der Waals surface area (Å²) in [6, 6.07) is 3.66. The molecule has 17 heavy (non-hydrogen) atoms. The van der Waals surface area contributed by atoms with E-state index in [4.69, 9.17) is 0 Å². The summed E-state index contributed by atoms with van der Waals surface area (Å²) >= 11 is 0. The summed E-state index contributed by atoms with van der Waals surface area (Å²) in [6.45, 7) is 1.64. The molecular formula is C10H11N3O3S. The van der Waals surface area contributed by atoms with Crippen molar-refractivity contribution in [2.24, 2.45) is 0 Å². The topological polar surface area (TPSA) is 82.0 Å². The third-order valence-electron chi connectivity index (χ3n) is 2.11. The number of aryl methyl sites for hydroxylation is 1. The van der Waals surface area contributed by atoms with E-state index in [2.05, 4.69) is 19.1 Å². The van der Waals surface area contributed by atoms with Crippen LogP contribution in [0.3, 0.4) is 0 Å². The highest BCUT2D eigenvalue weighted by molar-refractivity contribution is 7.85. The molecule has 0 aliphatic carbocycles. The van der Waals surface area contributed by atoms with Gasteiger partial charge in [-0.15, -0.1) is 0 Å². The highest BCUT2D eigenvalue weighted by Gasteiger charge is 2.08. The van der Waals surface area contributed by atoms with Crippen LogP contribution in [0.4, 0.5) is 0 Å². The molecule has 0 fully saturated rings. The van der Waals surface area contributed by atoms with Crippen molar-refractivity contribution in [3.8, 4) is 0 Å². The van der Waals surface area contributed by atoms with E-state index < -0.39 is 10.1 Å². The average molecular weight is 253 g/mol. The molecule has 0 aliphatic heterocycles. The number of nitrogens with zero attached hydrogens (tertiary/aromatic N) is 3. The molecule has 0 aromatic carbocycles. The lowest BCUT2D eigenvalue weighted by molar-refractivity contribution is 0.302. The number of aromatic nitrogens is 3. The van der Waals surface area contributed by atoms with Crippen LogP contribution >= 0.6 is 0 Å². The minimum Gasteiger partial charge on any atom is -0.262 e. The summed E-state index contributed by atoms with van der Waals surface area (Å²) in [5.41, 5.74) is 1.28. The average Bonchev–Trinajstić information content (AvgIpc) is 2.26. The first-order valence-electron chi connectivity index (χ1n) is 4.88. The summed E-state index contributed by atoms with van der Waals surface area (Å²) in [5, 5.41) is 0.843. The van der Waals surface area contributed by atoms with Gasteiger partial charge in [0.05, 0.1) is 11.9 Å². The van der Waals surface area contributed by atoms with Crippen LogP contribution in [0, 0.1) is 6.92 Å². The van der Waals surface area contributed by atoms with Crippen molar-refractivity contribution in [1.29, 1.82) is 0 Å². The van der Waals surface area contributed by atoms with Gasteiger partial charge in [-0.2, -0.15) is 8.42 Å². The molecule has 0 saturated heterocycles. The van der Waals surface area contributed by atoms with Gasteiger partial charge in [0, 0.05) is 11.6 Å². The quantitative estimate of drug-likeness (QED) is 0.753. The van der Waals surface area contributed by atoms with Crippen LogP contribution in [0.1, 0.15) is 11.5 Å². The highest BCUT2D eigenvalue weighted by Crippen LogP contribution is 2.12. The SMILES string of the molecule is Cc1nc(COS(C)(=O)=O)nc2ncccc12. The van der Waals surface area contributed by atoms with Crippen molar-refractivity contribution in [3.05, 3.63) is 29.8 Å². The van der Waals surface area contributed by atoms with Crippen molar-refractivity contribution in [1.82, 2.24) is 15.0 Å². The zero-order valence-electron chi connectivity index (χ0n) is 9.41. The number of hydrogen-bond acceptors (Lipinski definition) is 6. The fraction of sp³-hybridized carbons (Fsp3) is 0.300. The Bertz CT molecular complexity index is 655. The molecule has 2 aromatic heterocycles. The molecule has 0 aliphatic rings. The molecule has 0 N–H and O–H groups in total. The van der Waals surface area contributed by atoms with Gasteiger partial charge in [0.1, 0.15) is 6.61 Å². The maximum Gasteiger partial charge on any atom is 0.264 e. The van der Waals surface area contributed by atoms with Crippen LogP contribution in [0.15, 0.2) is 18.3 Å². The number of rotatable bonds is 3. The zero-order chi connectivity index (χ0) is 12.5. The van der Waals surface area contributed by atoms with Gasteiger partial charge in [-0.1, -0.05) is 0 Å². The Morgan fingerprint density at radius 1 is 1.35 bits per heavy atom. The molecule has 0 amide bonds. The Morgan fingerprint density at radius 3 is 2.82 bits per heavy atom. The van der Waals surface area contributed by atoms with E-state index in [1.54, 1.807) is 12.3 Å². The molecule has 2 aromatic rings. The largest absolute Gasteiger partial charge is 0.264 e. The molecule has 0 radical (unpaired) electrons. The van der Waals surface area contributed by atoms with Crippen LogP contribution in [0.25, 0.3) is 11.0 Å². The number of pyridine rings is 1. The standard InChI is InChI=1S/C10H11N3O3S/c1-7-8-4-3-5-11-10(8)13-9(12-7)6-16-17(2,14)15/h3-5H,6H2,1-2H3. The molecule has 0 spiro atoms. The first-order chi connectivity index (χ1) is 7.96. The zero-order valence-corrected chi connectivity index (χ0v) is 10.2. The van der Waals surface area contributed by atoms with Gasteiger partial charge in [-0.25, -0.2) is 15.0 Å². The van der Waals surface area contributed by atoms with Crippen LogP contribution in [-0.2, 0) is 20.9 Å². The minimum absolute atomic E-state index is 0.174. The summed E-state index contributed by atoms with van der Waals surface area (Å²) in [7, 11) is -3.49. The molecule has 90 valence electrons. The molecule has 0 unspecified atom stereocenters. The summed E-state index contributed by atoms with van der Waals surface area (Å²) < 4.78 is 26.4. The van der Waals surface area contributed by atoms with Crippen molar-refractivity contribution in [3.63, 3.8) is 0 Å². The van der Waals surface area contributed by atoms with Crippen molar-refractivity contribution in [2.75, 3.05) is 6.26 Å². The van der Waals surface area contributed by atoms with Crippen LogP contribution < -0.4 is 0 Å². The van der Waals surface area contributed by atoms with E-state index in [0.717, 1.165) is 17.3 Å². The molecule has 2 rings (SSSR count). The Morgan fingerprint density at radius 2 is 2.12 bits per heavy atom. The fourth-order valence-corrected chi connectivity index (χ4v) is 1.71. The molecule has 6 nitrogen and oxygen atoms in total. The second-order valence-corrected chi connectivity index (χ2v) is 5.21. The van der Waals surface area contributed by atoms with E-state index >= 15 is 0 Å². The summed E-state index contributed by atoms with van der Waals surface area (Å²) in [6.07, 6.45) is 2.61. The Balaban J connectivity index is 2.37. The minimum atomic E-state index is -3.49. The van der Waals surface area contributed by atoms with Gasteiger partial charge in [0.2, 0.25) is 0 Å². The smallest absolute Gasteiger partial charge is 0.262 e. The Kier molecular flexibility index (Phi) is 3.03. The first kappa shape index (κ1) is 11.9. The maximum absolute atomic E-state index is 10.9. The monoisotopic (exact) mass is 253 g/mol. The Labute approximate surface area is 98.8 Å². The predicted octanol–water partition coefficient (Wildman–Crippen LogP) is 0.809. The van der Waals surface area contributed by atoms with Gasteiger partial charge in [-0.05, 0) is 19.1 Å². The highest BCUT2D eigenvalue weighted by atomic mass is 32.2. The third-order valence-corrected chi connectivity index (χ3v) is 2.66. The first-order valence-corrected chi connectivity index (χ1v) is 6.70. The van der Waals surface area contributed by atoms with E-state index in [1.165, 1.54) is 0 Å². The van der Waals surface area contributed by atoms with E-state index in [-0.39, 0.29) is 6.61 Å². The number of hydrogen-bond donors (Lipinski definition) is 0. The lowest BCUT2D eigenvalue weighted by atomic mass is 10.2. The van der Waals surface area contributed by atoms with Gasteiger partial charge < -0.3 is 0 Å². The number of fused-ring (bicyclic) bond motifs is 1. The molecule has 7 heteroatoms. The van der Waals surface area contributed by atoms with Crippen LogP contribution in [-0.4, -0.2) is 29.6 Å². The van der Waals surface area contributed by atoms with E-state index in [0.29, 0.717) is 11.5 Å². The molecule has 0 saturated carbocycles. The second kappa shape index (κ2) is 4.34. The second-order valence-electron chi connectivity index (χ2n) is 3.57. The van der Waals surface area contributed by atoms with Crippen LogP contribution in [0.5, 0.6) is 0 Å². The van der Waals surface area contributed by atoms with E-state index in [9.17, 15) is 8.42 Å². The third kappa shape index (κ3) is 2.95. The maximum atomic E-state index is 10.9. The molecule has 0 atom stereocenters. The van der Waals surface area contributed by atoms with Gasteiger partial charge in [0.15, 0.2) is 11.5 Å². The van der Waals surface area contributed by atoms with Gasteiger partial charge >= 0.3 is 0 Å². The van der Waals surface area contributed by atoms with Gasteiger partial charge in [-0.3, -0.25) is 4.18 Å². The van der Waals surface area contributed by atoms with Crippen molar-refractivity contribution < 1.29 is 12.6 Å². The molecule has 2 heterocycles. The van der Waals surface area contributed by atoms with E-state index in [1.807, 2.05) is 13.0 Å².